The standard InChI is InChI=1S/C14H34N4/c1-3-11(15)5-7-13(17)9-10-14(18)8-6-12(16)4-2/h11-14H,3-10,15-18H2,1-2H3. The molecular weight excluding hydrogens is 224 g/mol. The number of nitrogens with two attached hydrogens (primary N) is 4. The molecule has 0 amide bonds. The molecule has 0 fully saturated rings. The van der Waals surface area contributed by atoms with Crippen molar-refractivity contribution in [2.24, 2.45) is 22.9 Å². The summed E-state index contributed by atoms with van der Waals surface area (Å²) in [5.41, 5.74) is 23.9. The van der Waals surface area contributed by atoms with Gasteiger partial charge in [-0.2, -0.15) is 0 Å². The molecule has 0 aromatic heterocycles. The maximum atomic E-state index is 6.07. The molecule has 0 saturated heterocycles. The van der Waals surface area contributed by atoms with Gasteiger partial charge < -0.3 is 22.9 Å². The van der Waals surface area contributed by atoms with Crippen LogP contribution in [0.4, 0.5) is 0 Å². The van der Waals surface area contributed by atoms with E-state index in [0.29, 0.717) is 12.1 Å². The molecule has 8 N–H and O–H groups in total. The lowest BCUT2D eigenvalue weighted by molar-refractivity contribution is 0.434. The van der Waals surface area contributed by atoms with Crippen molar-refractivity contribution >= 4 is 0 Å². The van der Waals surface area contributed by atoms with E-state index in [2.05, 4.69) is 13.8 Å². The number of hydrogen-bond acceptors (Lipinski definition) is 4. The van der Waals surface area contributed by atoms with E-state index in [0.717, 1.165) is 51.4 Å². The zero-order valence-electron chi connectivity index (χ0n) is 12.3. The van der Waals surface area contributed by atoms with Gasteiger partial charge in [0.2, 0.25) is 0 Å². The number of hydrogen-bond donors (Lipinski definition) is 4. The molecule has 18 heavy (non-hydrogen) atoms. The minimum atomic E-state index is 0.244. The molecular formula is C14H34N4. The summed E-state index contributed by atoms with van der Waals surface area (Å²) < 4.78 is 0. The van der Waals surface area contributed by atoms with Crippen molar-refractivity contribution in [3.63, 3.8) is 0 Å². The lowest BCUT2D eigenvalue weighted by Gasteiger charge is -2.18. The van der Waals surface area contributed by atoms with E-state index in [4.69, 9.17) is 22.9 Å². The van der Waals surface area contributed by atoms with Crippen molar-refractivity contribution < 1.29 is 0 Å². The summed E-state index contributed by atoms with van der Waals surface area (Å²) in [7, 11) is 0. The molecule has 0 aromatic rings. The topological polar surface area (TPSA) is 104 Å². The Labute approximate surface area is 113 Å². The van der Waals surface area contributed by atoms with Gasteiger partial charge in [0, 0.05) is 24.2 Å². The van der Waals surface area contributed by atoms with Crippen LogP contribution in [0.25, 0.3) is 0 Å². The van der Waals surface area contributed by atoms with Crippen molar-refractivity contribution in [1.29, 1.82) is 0 Å². The van der Waals surface area contributed by atoms with Crippen LogP contribution in [0.15, 0.2) is 0 Å². The van der Waals surface area contributed by atoms with Crippen molar-refractivity contribution in [3.05, 3.63) is 0 Å². The summed E-state index contributed by atoms with van der Waals surface area (Å²) in [6.07, 6.45) is 8.12. The van der Waals surface area contributed by atoms with Crippen molar-refractivity contribution in [3.8, 4) is 0 Å². The van der Waals surface area contributed by atoms with Gasteiger partial charge in [0.1, 0.15) is 0 Å². The van der Waals surface area contributed by atoms with Gasteiger partial charge in [-0.1, -0.05) is 13.8 Å². The molecule has 0 aliphatic rings. The molecule has 4 unspecified atom stereocenters. The van der Waals surface area contributed by atoms with Crippen LogP contribution in [-0.2, 0) is 0 Å². The third-order valence-electron chi connectivity index (χ3n) is 3.77. The second kappa shape index (κ2) is 10.7. The van der Waals surface area contributed by atoms with Crippen LogP contribution in [0, 0.1) is 0 Å². The van der Waals surface area contributed by atoms with Gasteiger partial charge in [0.15, 0.2) is 0 Å². The van der Waals surface area contributed by atoms with Crippen LogP contribution in [0.2, 0.25) is 0 Å². The Bertz CT molecular complexity index is 167. The Hall–Kier alpha value is -0.160. The number of rotatable bonds is 11. The Morgan fingerprint density at radius 2 is 0.722 bits per heavy atom. The van der Waals surface area contributed by atoms with Crippen LogP contribution >= 0.6 is 0 Å². The smallest absolute Gasteiger partial charge is 0.00399 e. The SMILES string of the molecule is CCC(N)CCC(N)CCC(N)CCC(N)CC. The fourth-order valence-corrected chi connectivity index (χ4v) is 1.98. The van der Waals surface area contributed by atoms with Gasteiger partial charge in [-0.05, 0) is 51.4 Å². The molecule has 0 spiro atoms. The minimum absolute atomic E-state index is 0.244. The molecule has 0 aromatic carbocycles. The first-order valence-electron chi connectivity index (χ1n) is 7.51. The highest BCUT2D eigenvalue weighted by molar-refractivity contribution is 4.72. The molecule has 4 nitrogen and oxygen atoms in total. The average molecular weight is 258 g/mol. The summed E-state index contributed by atoms with van der Waals surface area (Å²) in [5, 5.41) is 0. The lowest BCUT2D eigenvalue weighted by atomic mass is 9.97. The molecule has 0 bridgehead atoms. The largest absolute Gasteiger partial charge is 0.328 e. The first kappa shape index (κ1) is 17.8. The average Bonchev–Trinajstić information content (AvgIpc) is 2.39. The second-order valence-electron chi connectivity index (χ2n) is 5.59. The zero-order chi connectivity index (χ0) is 14.0. The Morgan fingerprint density at radius 3 is 0.944 bits per heavy atom. The minimum Gasteiger partial charge on any atom is -0.328 e. The van der Waals surface area contributed by atoms with Crippen molar-refractivity contribution in [1.82, 2.24) is 0 Å². The van der Waals surface area contributed by atoms with Crippen LogP contribution in [0.5, 0.6) is 0 Å². The summed E-state index contributed by atoms with van der Waals surface area (Å²) in [6, 6.07) is 1.08. The highest BCUT2D eigenvalue weighted by Crippen LogP contribution is 2.10. The quantitative estimate of drug-likeness (QED) is 0.450. The Balaban J connectivity index is 3.55. The van der Waals surface area contributed by atoms with Crippen molar-refractivity contribution in [2.45, 2.75) is 89.4 Å². The lowest BCUT2D eigenvalue weighted by Crippen LogP contribution is -2.30. The normalized spacial score (nSPS) is 18.3. The van der Waals surface area contributed by atoms with Crippen molar-refractivity contribution in [2.75, 3.05) is 0 Å². The molecule has 0 rings (SSSR count). The van der Waals surface area contributed by atoms with Gasteiger partial charge in [-0.25, -0.2) is 0 Å². The van der Waals surface area contributed by atoms with E-state index < -0.39 is 0 Å². The third kappa shape index (κ3) is 9.83. The highest BCUT2D eigenvalue weighted by atomic mass is 14.7. The van der Waals surface area contributed by atoms with Gasteiger partial charge in [-0.15, -0.1) is 0 Å². The van der Waals surface area contributed by atoms with Gasteiger partial charge in [0.05, 0.1) is 0 Å². The molecule has 0 aliphatic heterocycles. The molecule has 0 saturated carbocycles. The summed E-state index contributed by atoms with van der Waals surface area (Å²) in [6.45, 7) is 4.23. The fraction of sp³-hybridized carbons (Fsp3) is 1.00. The van der Waals surface area contributed by atoms with Gasteiger partial charge >= 0.3 is 0 Å². The van der Waals surface area contributed by atoms with Crippen LogP contribution in [0.1, 0.15) is 65.2 Å². The molecule has 4 atom stereocenters. The summed E-state index contributed by atoms with van der Waals surface area (Å²) in [5.74, 6) is 0. The third-order valence-corrected chi connectivity index (χ3v) is 3.77. The van der Waals surface area contributed by atoms with Gasteiger partial charge in [-0.3, -0.25) is 0 Å². The van der Waals surface area contributed by atoms with E-state index in [1.165, 1.54) is 0 Å². The Kier molecular flexibility index (Phi) is 10.6. The van der Waals surface area contributed by atoms with E-state index in [-0.39, 0.29) is 12.1 Å². The van der Waals surface area contributed by atoms with E-state index in [9.17, 15) is 0 Å². The maximum absolute atomic E-state index is 6.07. The Morgan fingerprint density at radius 1 is 0.500 bits per heavy atom. The van der Waals surface area contributed by atoms with E-state index >= 15 is 0 Å². The summed E-state index contributed by atoms with van der Waals surface area (Å²) >= 11 is 0. The maximum Gasteiger partial charge on any atom is 0.00399 e. The molecule has 4 heteroatoms. The summed E-state index contributed by atoms with van der Waals surface area (Å²) in [4.78, 5) is 0. The predicted molar refractivity (Wildman–Crippen MR) is 80.2 cm³/mol. The molecule has 0 radical (unpaired) electrons. The first-order chi connectivity index (χ1) is 8.49. The second-order valence-corrected chi connectivity index (χ2v) is 5.59. The van der Waals surface area contributed by atoms with Crippen LogP contribution < -0.4 is 22.9 Å². The zero-order valence-corrected chi connectivity index (χ0v) is 12.3. The van der Waals surface area contributed by atoms with Crippen LogP contribution in [0.3, 0.4) is 0 Å². The van der Waals surface area contributed by atoms with E-state index in [1.807, 2.05) is 0 Å². The molecule has 110 valence electrons. The predicted octanol–water partition coefficient (Wildman–Crippen LogP) is 1.46. The highest BCUT2D eigenvalue weighted by Gasteiger charge is 2.10. The van der Waals surface area contributed by atoms with Crippen LogP contribution in [-0.4, -0.2) is 24.2 Å². The van der Waals surface area contributed by atoms with E-state index in [1.54, 1.807) is 0 Å². The molecule has 0 heterocycles. The first-order valence-corrected chi connectivity index (χ1v) is 7.51. The van der Waals surface area contributed by atoms with Gasteiger partial charge in [0.25, 0.3) is 0 Å². The fourth-order valence-electron chi connectivity index (χ4n) is 1.98. The molecule has 0 aliphatic carbocycles. The monoisotopic (exact) mass is 258 g/mol.